The minimum atomic E-state index is -3.19. The van der Waals surface area contributed by atoms with Crippen LogP contribution in [0.1, 0.15) is 11.1 Å². The number of halogens is 1. The van der Waals surface area contributed by atoms with Gasteiger partial charge in [0.25, 0.3) is 0 Å². The zero-order valence-electron chi connectivity index (χ0n) is 10.0. The van der Waals surface area contributed by atoms with Gasteiger partial charge in [-0.15, -0.1) is 0 Å². The van der Waals surface area contributed by atoms with E-state index >= 15 is 0 Å². The molecule has 0 saturated carbocycles. The van der Waals surface area contributed by atoms with Gasteiger partial charge >= 0.3 is 0 Å². The van der Waals surface area contributed by atoms with Crippen molar-refractivity contribution in [2.45, 2.75) is 18.9 Å². The van der Waals surface area contributed by atoms with E-state index < -0.39 is 15.9 Å². The predicted molar refractivity (Wildman–Crippen MR) is 70.1 cm³/mol. The standard InChI is InChI=1S/C12H15ClO4S/c1-18(15,16)7-11(14)6-9-5-10(13)4-8-2-3-17-12(8)9/h4-5,11,14H,2-3,6-7H2,1H3. The van der Waals surface area contributed by atoms with Crippen LogP contribution < -0.4 is 4.74 Å². The lowest BCUT2D eigenvalue weighted by Crippen LogP contribution is -2.22. The summed E-state index contributed by atoms with van der Waals surface area (Å²) >= 11 is 5.99. The third kappa shape index (κ3) is 3.37. The van der Waals surface area contributed by atoms with Crippen LogP contribution in [-0.4, -0.2) is 38.2 Å². The van der Waals surface area contributed by atoms with Crippen molar-refractivity contribution >= 4 is 21.4 Å². The van der Waals surface area contributed by atoms with Gasteiger partial charge in [0.2, 0.25) is 0 Å². The van der Waals surface area contributed by atoms with Gasteiger partial charge in [-0.1, -0.05) is 11.6 Å². The molecule has 0 aromatic heterocycles. The maximum Gasteiger partial charge on any atom is 0.150 e. The van der Waals surface area contributed by atoms with Crippen LogP contribution in [0.15, 0.2) is 12.1 Å². The molecule has 0 saturated heterocycles. The summed E-state index contributed by atoms with van der Waals surface area (Å²) in [6.45, 7) is 0.602. The molecule has 1 unspecified atom stereocenters. The van der Waals surface area contributed by atoms with E-state index in [0.29, 0.717) is 11.6 Å². The smallest absolute Gasteiger partial charge is 0.150 e. The Morgan fingerprint density at radius 3 is 2.89 bits per heavy atom. The Bertz CT molecular complexity index is 553. The number of ether oxygens (including phenoxy) is 1. The van der Waals surface area contributed by atoms with Crippen LogP contribution in [0.4, 0.5) is 0 Å². The molecule has 6 heteroatoms. The summed E-state index contributed by atoms with van der Waals surface area (Å²) in [5.41, 5.74) is 1.79. The van der Waals surface area contributed by atoms with Crippen molar-refractivity contribution in [2.75, 3.05) is 18.6 Å². The molecule has 1 heterocycles. The van der Waals surface area contributed by atoms with Crippen molar-refractivity contribution in [1.29, 1.82) is 0 Å². The van der Waals surface area contributed by atoms with Gasteiger partial charge in [0.15, 0.2) is 0 Å². The molecule has 0 spiro atoms. The molecular weight excluding hydrogens is 276 g/mol. The van der Waals surface area contributed by atoms with E-state index in [-0.39, 0.29) is 12.2 Å². The van der Waals surface area contributed by atoms with Crippen LogP contribution >= 0.6 is 11.6 Å². The van der Waals surface area contributed by atoms with Gasteiger partial charge in [0.05, 0.1) is 18.5 Å². The van der Waals surface area contributed by atoms with Gasteiger partial charge in [0, 0.05) is 24.1 Å². The van der Waals surface area contributed by atoms with Crippen molar-refractivity contribution in [1.82, 2.24) is 0 Å². The number of rotatable bonds is 4. The number of sulfone groups is 1. The third-order valence-electron chi connectivity index (χ3n) is 2.78. The molecule has 0 aliphatic carbocycles. The molecule has 1 atom stereocenters. The number of hydrogen-bond donors (Lipinski definition) is 1. The molecular formula is C12H15ClO4S. The Labute approximate surface area is 111 Å². The molecule has 1 aliphatic heterocycles. The first-order valence-corrected chi connectivity index (χ1v) is 8.09. The van der Waals surface area contributed by atoms with Crippen molar-refractivity contribution in [3.63, 3.8) is 0 Å². The molecule has 4 nitrogen and oxygen atoms in total. The summed E-state index contributed by atoms with van der Waals surface area (Å²) in [6, 6.07) is 3.56. The normalized spacial score (nSPS) is 16.2. The topological polar surface area (TPSA) is 63.6 Å². The molecule has 0 bridgehead atoms. The highest BCUT2D eigenvalue weighted by Gasteiger charge is 2.21. The van der Waals surface area contributed by atoms with Gasteiger partial charge in [0.1, 0.15) is 15.6 Å². The van der Waals surface area contributed by atoms with Gasteiger partial charge in [-0.3, -0.25) is 0 Å². The second kappa shape index (κ2) is 5.07. The summed E-state index contributed by atoms with van der Waals surface area (Å²) in [5, 5.41) is 10.4. The molecule has 1 aromatic rings. The average molecular weight is 291 g/mol. The Balaban J connectivity index is 2.19. The minimum absolute atomic E-state index is 0.232. The van der Waals surface area contributed by atoms with Gasteiger partial charge in [-0.2, -0.15) is 0 Å². The number of aliphatic hydroxyl groups is 1. The van der Waals surface area contributed by atoms with E-state index in [1.54, 1.807) is 6.07 Å². The molecule has 18 heavy (non-hydrogen) atoms. The number of hydrogen-bond acceptors (Lipinski definition) is 4. The summed E-state index contributed by atoms with van der Waals surface area (Å²) in [7, 11) is -3.19. The molecule has 1 aliphatic rings. The Morgan fingerprint density at radius 1 is 1.50 bits per heavy atom. The molecule has 1 aromatic carbocycles. The lowest BCUT2D eigenvalue weighted by Gasteiger charge is -2.13. The number of benzene rings is 1. The first kappa shape index (κ1) is 13.6. The lowest BCUT2D eigenvalue weighted by atomic mass is 10.0. The largest absolute Gasteiger partial charge is 0.493 e. The SMILES string of the molecule is CS(=O)(=O)CC(O)Cc1cc(Cl)cc2c1OCC2. The highest BCUT2D eigenvalue weighted by Crippen LogP contribution is 2.33. The predicted octanol–water partition coefficient (Wildman–Crippen LogP) is 1.22. The summed E-state index contributed by atoms with van der Waals surface area (Å²) in [6.07, 6.45) is 1.20. The van der Waals surface area contributed by atoms with E-state index in [9.17, 15) is 13.5 Å². The summed E-state index contributed by atoms with van der Waals surface area (Å²) in [4.78, 5) is 0. The molecule has 0 radical (unpaired) electrons. The molecule has 1 N–H and O–H groups in total. The van der Waals surface area contributed by atoms with Crippen LogP contribution in [0.25, 0.3) is 0 Å². The lowest BCUT2D eigenvalue weighted by molar-refractivity contribution is 0.196. The van der Waals surface area contributed by atoms with Crippen LogP contribution in [0.2, 0.25) is 5.02 Å². The Kier molecular flexibility index (Phi) is 3.84. The monoisotopic (exact) mass is 290 g/mol. The zero-order valence-corrected chi connectivity index (χ0v) is 11.6. The van der Waals surface area contributed by atoms with Crippen LogP contribution in [-0.2, 0) is 22.7 Å². The molecule has 0 fully saturated rings. The van der Waals surface area contributed by atoms with Crippen LogP contribution in [0.3, 0.4) is 0 Å². The quantitative estimate of drug-likeness (QED) is 0.906. The zero-order chi connectivity index (χ0) is 13.3. The number of aliphatic hydroxyl groups excluding tert-OH is 1. The Hall–Kier alpha value is -0.780. The maximum atomic E-state index is 11.1. The molecule has 100 valence electrons. The van der Waals surface area contributed by atoms with E-state index in [2.05, 4.69) is 0 Å². The summed E-state index contributed by atoms with van der Waals surface area (Å²) < 4.78 is 27.7. The second-order valence-corrected chi connectivity index (χ2v) is 7.22. The maximum absolute atomic E-state index is 11.1. The fourth-order valence-corrected chi connectivity index (χ4v) is 3.24. The first-order valence-electron chi connectivity index (χ1n) is 5.65. The van der Waals surface area contributed by atoms with Crippen LogP contribution in [0, 0.1) is 0 Å². The second-order valence-electron chi connectivity index (χ2n) is 4.60. The van der Waals surface area contributed by atoms with E-state index in [1.165, 1.54) is 0 Å². The fourth-order valence-electron chi connectivity index (χ4n) is 2.16. The first-order chi connectivity index (χ1) is 8.35. The van der Waals surface area contributed by atoms with Crippen molar-refractivity contribution in [3.8, 4) is 5.75 Å². The number of fused-ring (bicyclic) bond motifs is 1. The third-order valence-corrected chi connectivity index (χ3v) is 3.98. The molecule has 2 rings (SSSR count). The van der Waals surface area contributed by atoms with E-state index in [1.807, 2.05) is 6.07 Å². The van der Waals surface area contributed by atoms with Crippen LogP contribution in [0.5, 0.6) is 5.75 Å². The van der Waals surface area contributed by atoms with E-state index in [4.69, 9.17) is 16.3 Å². The van der Waals surface area contributed by atoms with Crippen molar-refractivity contribution in [2.24, 2.45) is 0 Å². The fraction of sp³-hybridized carbons (Fsp3) is 0.500. The van der Waals surface area contributed by atoms with Gasteiger partial charge < -0.3 is 9.84 Å². The Morgan fingerprint density at radius 2 is 2.22 bits per heavy atom. The van der Waals surface area contributed by atoms with E-state index in [0.717, 1.165) is 29.6 Å². The van der Waals surface area contributed by atoms with Gasteiger partial charge in [-0.05, 0) is 23.3 Å². The highest BCUT2D eigenvalue weighted by atomic mass is 35.5. The minimum Gasteiger partial charge on any atom is -0.493 e. The highest BCUT2D eigenvalue weighted by molar-refractivity contribution is 7.90. The average Bonchev–Trinajstić information content (AvgIpc) is 2.61. The van der Waals surface area contributed by atoms with Gasteiger partial charge in [-0.25, -0.2) is 8.42 Å². The van der Waals surface area contributed by atoms with Crippen molar-refractivity contribution in [3.05, 3.63) is 28.3 Å². The summed E-state index contributed by atoms with van der Waals surface area (Å²) in [5.74, 6) is 0.487. The molecule has 0 amide bonds. The van der Waals surface area contributed by atoms with Crippen molar-refractivity contribution < 1.29 is 18.3 Å².